The molecule has 1 fully saturated rings. The Hall–Kier alpha value is -0.930. The first-order valence-corrected chi connectivity index (χ1v) is 7.48. The smallest absolute Gasteiger partial charge is 0.0575 e. The maximum atomic E-state index is 5.80. The van der Waals surface area contributed by atoms with Crippen molar-refractivity contribution in [3.63, 3.8) is 0 Å². The molecule has 1 saturated heterocycles. The molecule has 1 N–H and O–H groups in total. The molecule has 3 heteroatoms. The minimum atomic E-state index is 0.482. The number of nitrogens with one attached hydrogen (secondary N) is 1. The van der Waals surface area contributed by atoms with E-state index in [4.69, 9.17) is 4.74 Å². The van der Waals surface area contributed by atoms with Crippen LogP contribution < -0.4 is 5.32 Å². The lowest BCUT2D eigenvalue weighted by Crippen LogP contribution is -2.30. The molecule has 0 amide bonds. The van der Waals surface area contributed by atoms with Crippen molar-refractivity contribution in [2.24, 2.45) is 0 Å². The van der Waals surface area contributed by atoms with Crippen LogP contribution in [0.4, 0.5) is 0 Å². The Bertz CT molecular complexity index is 358. The van der Waals surface area contributed by atoms with Crippen molar-refractivity contribution < 1.29 is 4.74 Å². The van der Waals surface area contributed by atoms with E-state index in [2.05, 4.69) is 29.4 Å². The third kappa shape index (κ3) is 4.92. The summed E-state index contributed by atoms with van der Waals surface area (Å²) in [5.41, 5.74) is 2.40. The van der Waals surface area contributed by atoms with Crippen molar-refractivity contribution in [1.29, 1.82) is 0 Å². The summed E-state index contributed by atoms with van der Waals surface area (Å²) < 4.78 is 5.80. The molecular formula is C16H26N2O. The van der Waals surface area contributed by atoms with Crippen LogP contribution in [0.15, 0.2) is 18.3 Å². The van der Waals surface area contributed by atoms with E-state index in [0.717, 1.165) is 25.9 Å². The van der Waals surface area contributed by atoms with Crippen LogP contribution >= 0.6 is 0 Å². The third-order valence-electron chi connectivity index (χ3n) is 3.95. The van der Waals surface area contributed by atoms with Crippen molar-refractivity contribution in [2.75, 3.05) is 13.7 Å². The van der Waals surface area contributed by atoms with Gasteiger partial charge in [0, 0.05) is 31.0 Å². The summed E-state index contributed by atoms with van der Waals surface area (Å²) in [5, 5.41) is 3.41. The van der Waals surface area contributed by atoms with Gasteiger partial charge >= 0.3 is 0 Å². The number of aromatic nitrogens is 1. The van der Waals surface area contributed by atoms with Gasteiger partial charge in [0.15, 0.2) is 0 Å². The van der Waals surface area contributed by atoms with E-state index < -0.39 is 0 Å². The van der Waals surface area contributed by atoms with Crippen molar-refractivity contribution in [2.45, 2.75) is 57.6 Å². The number of ether oxygens (including phenoxy) is 1. The summed E-state index contributed by atoms with van der Waals surface area (Å²) in [7, 11) is 2.04. The van der Waals surface area contributed by atoms with Crippen LogP contribution in [0.3, 0.4) is 0 Å². The lowest BCUT2D eigenvalue weighted by Gasteiger charge is -2.24. The molecule has 19 heavy (non-hydrogen) atoms. The SMILES string of the molecule is CNC(CCC1CCCCO1)Cc1ccc(C)cn1. The number of hydrogen-bond acceptors (Lipinski definition) is 3. The third-order valence-corrected chi connectivity index (χ3v) is 3.95. The molecule has 0 saturated carbocycles. The molecule has 3 nitrogen and oxygen atoms in total. The zero-order valence-corrected chi connectivity index (χ0v) is 12.2. The van der Waals surface area contributed by atoms with Crippen molar-refractivity contribution in [3.05, 3.63) is 29.6 Å². The highest BCUT2D eigenvalue weighted by atomic mass is 16.5. The van der Waals surface area contributed by atoms with E-state index >= 15 is 0 Å². The van der Waals surface area contributed by atoms with Crippen LogP contribution in [0.1, 0.15) is 43.4 Å². The Kier molecular flexibility index (Phi) is 5.80. The monoisotopic (exact) mass is 262 g/mol. The summed E-state index contributed by atoms with van der Waals surface area (Å²) >= 11 is 0. The van der Waals surface area contributed by atoms with Gasteiger partial charge in [0.2, 0.25) is 0 Å². The maximum Gasteiger partial charge on any atom is 0.0575 e. The van der Waals surface area contributed by atoms with E-state index in [-0.39, 0.29) is 0 Å². The molecule has 0 spiro atoms. The van der Waals surface area contributed by atoms with Crippen molar-refractivity contribution in [1.82, 2.24) is 10.3 Å². The van der Waals surface area contributed by atoms with Crippen molar-refractivity contribution in [3.8, 4) is 0 Å². The fraction of sp³-hybridized carbons (Fsp3) is 0.688. The molecular weight excluding hydrogens is 236 g/mol. The average Bonchev–Trinajstić information content (AvgIpc) is 2.46. The zero-order chi connectivity index (χ0) is 13.5. The predicted molar refractivity (Wildman–Crippen MR) is 78.4 cm³/mol. The van der Waals surface area contributed by atoms with Gasteiger partial charge in [-0.25, -0.2) is 0 Å². The first-order valence-electron chi connectivity index (χ1n) is 7.48. The predicted octanol–water partition coefficient (Wildman–Crippen LogP) is 2.87. The van der Waals surface area contributed by atoms with Crippen LogP contribution in [0.2, 0.25) is 0 Å². The minimum Gasteiger partial charge on any atom is -0.378 e. The van der Waals surface area contributed by atoms with Crippen LogP contribution in [0.25, 0.3) is 0 Å². The standard InChI is InChI=1S/C16H26N2O/c1-13-6-7-15(18-12-13)11-14(17-2)8-9-16-5-3-4-10-19-16/h6-7,12,14,16-17H,3-5,8-11H2,1-2H3. The summed E-state index contributed by atoms with van der Waals surface area (Å²) in [6, 6.07) is 4.77. The molecule has 2 heterocycles. The van der Waals surface area contributed by atoms with Crippen molar-refractivity contribution >= 4 is 0 Å². The topological polar surface area (TPSA) is 34.1 Å². The lowest BCUT2D eigenvalue weighted by molar-refractivity contribution is 0.00868. The number of likely N-dealkylation sites (N-methyl/N-ethyl adjacent to an activating group) is 1. The molecule has 0 aromatic carbocycles. The summed E-state index contributed by atoms with van der Waals surface area (Å²) in [5.74, 6) is 0. The van der Waals surface area contributed by atoms with Gasteiger partial charge in [0.05, 0.1) is 6.10 Å². The Morgan fingerprint density at radius 1 is 1.42 bits per heavy atom. The van der Waals surface area contributed by atoms with E-state index in [1.54, 1.807) is 0 Å². The molecule has 0 bridgehead atoms. The summed E-state index contributed by atoms with van der Waals surface area (Å²) in [6.45, 7) is 3.03. The van der Waals surface area contributed by atoms with E-state index in [0.29, 0.717) is 12.1 Å². The number of rotatable bonds is 6. The minimum absolute atomic E-state index is 0.482. The van der Waals surface area contributed by atoms with Crippen LogP contribution in [0, 0.1) is 6.92 Å². The zero-order valence-electron chi connectivity index (χ0n) is 12.2. The molecule has 106 valence electrons. The largest absolute Gasteiger partial charge is 0.378 e. The second kappa shape index (κ2) is 7.61. The molecule has 1 aromatic rings. The fourth-order valence-corrected chi connectivity index (χ4v) is 2.64. The average molecular weight is 262 g/mol. The maximum absolute atomic E-state index is 5.80. The van der Waals surface area contributed by atoms with Gasteiger partial charge in [-0.3, -0.25) is 4.98 Å². The Balaban J connectivity index is 1.77. The van der Waals surface area contributed by atoms with Gasteiger partial charge in [-0.15, -0.1) is 0 Å². The quantitative estimate of drug-likeness (QED) is 0.856. The van der Waals surface area contributed by atoms with Gasteiger partial charge < -0.3 is 10.1 Å². The van der Waals surface area contributed by atoms with Gasteiger partial charge in [0.25, 0.3) is 0 Å². The molecule has 2 atom stereocenters. The van der Waals surface area contributed by atoms with Gasteiger partial charge in [-0.1, -0.05) is 6.07 Å². The fourth-order valence-electron chi connectivity index (χ4n) is 2.64. The molecule has 1 aromatic heterocycles. The molecule has 0 radical (unpaired) electrons. The highest BCUT2D eigenvalue weighted by molar-refractivity contribution is 5.13. The number of pyridine rings is 1. The number of nitrogens with zero attached hydrogens (tertiary/aromatic N) is 1. The van der Waals surface area contributed by atoms with Gasteiger partial charge in [-0.2, -0.15) is 0 Å². The second-order valence-corrected chi connectivity index (χ2v) is 5.58. The molecule has 1 aliphatic rings. The number of hydrogen-bond donors (Lipinski definition) is 1. The number of aryl methyl sites for hydroxylation is 1. The van der Waals surface area contributed by atoms with E-state index in [1.165, 1.54) is 30.5 Å². The first-order chi connectivity index (χ1) is 9.28. The normalized spacial score (nSPS) is 21.3. The molecule has 1 aliphatic heterocycles. The molecule has 2 unspecified atom stereocenters. The summed E-state index contributed by atoms with van der Waals surface area (Å²) in [6.07, 6.45) is 9.56. The molecule has 0 aliphatic carbocycles. The summed E-state index contributed by atoms with van der Waals surface area (Å²) in [4.78, 5) is 4.49. The van der Waals surface area contributed by atoms with E-state index in [9.17, 15) is 0 Å². The Labute approximate surface area is 116 Å². The highest BCUT2D eigenvalue weighted by Gasteiger charge is 2.16. The first kappa shape index (κ1) is 14.5. The van der Waals surface area contributed by atoms with Gasteiger partial charge in [-0.05, 0) is 57.7 Å². The van der Waals surface area contributed by atoms with Crippen LogP contribution in [-0.4, -0.2) is 30.8 Å². The van der Waals surface area contributed by atoms with E-state index in [1.807, 2.05) is 13.2 Å². The Morgan fingerprint density at radius 2 is 2.32 bits per heavy atom. The van der Waals surface area contributed by atoms with Gasteiger partial charge in [0.1, 0.15) is 0 Å². The molecule has 2 rings (SSSR count). The second-order valence-electron chi connectivity index (χ2n) is 5.58. The van der Waals surface area contributed by atoms with Crippen LogP contribution in [0.5, 0.6) is 0 Å². The van der Waals surface area contributed by atoms with Crippen LogP contribution in [-0.2, 0) is 11.2 Å². The lowest BCUT2D eigenvalue weighted by atomic mass is 9.99. The Morgan fingerprint density at radius 3 is 2.95 bits per heavy atom. The highest BCUT2D eigenvalue weighted by Crippen LogP contribution is 2.18.